The van der Waals surface area contributed by atoms with Gasteiger partial charge in [-0.2, -0.15) is 0 Å². The van der Waals surface area contributed by atoms with Crippen LogP contribution in [0.25, 0.3) is 0 Å². The number of nitrogens with one attached hydrogen (secondary N) is 1. The molecule has 2 aromatic rings. The number of halogens is 1. The van der Waals surface area contributed by atoms with E-state index in [2.05, 4.69) is 14.9 Å². The molecular weight excluding hydrogens is 360 g/mol. The summed E-state index contributed by atoms with van der Waals surface area (Å²) in [6.07, 6.45) is 1.44. The summed E-state index contributed by atoms with van der Waals surface area (Å²) in [4.78, 5) is 27.0. The monoisotopic (exact) mass is 378 g/mol. The van der Waals surface area contributed by atoms with Crippen molar-refractivity contribution in [1.82, 2.24) is 19.8 Å². The fraction of sp³-hybridized carbons (Fsp3) is 0.412. The van der Waals surface area contributed by atoms with Crippen molar-refractivity contribution < 1.29 is 9.59 Å². The van der Waals surface area contributed by atoms with Crippen LogP contribution in [0.3, 0.4) is 0 Å². The molecule has 0 bridgehead atoms. The third-order valence-corrected chi connectivity index (χ3v) is 5.39. The predicted molar refractivity (Wildman–Crippen MR) is 96.8 cm³/mol. The molecule has 132 valence electrons. The molecule has 1 aliphatic heterocycles. The van der Waals surface area contributed by atoms with E-state index < -0.39 is 0 Å². The molecule has 1 aromatic heterocycles. The molecule has 1 saturated heterocycles. The van der Waals surface area contributed by atoms with Crippen LogP contribution in [0.5, 0.6) is 0 Å². The van der Waals surface area contributed by atoms with Crippen molar-refractivity contribution in [3.8, 4) is 0 Å². The Morgan fingerprint density at radius 3 is 2.80 bits per heavy atom. The molecule has 1 N–H and O–H groups in total. The van der Waals surface area contributed by atoms with Crippen LogP contribution in [0, 0.1) is 12.8 Å². The average molecular weight is 379 g/mol. The largest absolute Gasteiger partial charge is 0.355 e. The minimum absolute atomic E-state index is 0.00316. The fourth-order valence-corrected chi connectivity index (χ4v) is 3.61. The lowest BCUT2D eigenvalue weighted by atomic mass is 10.1. The number of benzene rings is 1. The van der Waals surface area contributed by atoms with Crippen molar-refractivity contribution >= 4 is 34.9 Å². The zero-order valence-electron chi connectivity index (χ0n) is 13.9. The summed E-state index contributed by atoms with van der Waals surface area (Å²) >= 11 is 6.96. The molecule has 1 aromatic carbocycles. The third-order valence-electron chi connectivity index (χ3n) is 4.32. The Morgan fingerprint density at radius 2 is 2.12 bits per heavy atom. The van der Waals surface area contributed by atoms with E-state index in [0.29, 0.717) is 41.6 Å². The first kappa shape index (κ1) is 17.8. The van der Waals surface area contributed by atoms with Crippen LogP contribution in [-0.2, 0) is 11.2 Å². The maximum absolute atomic E-state index is 12.4. The number of aryl methyl sites for hydroxylation is 1. The van der Waals surface area contributed by atoms with E-state index >= 15 is 0 Å². The van der Waals surface area contributed by atoms with Gasteiger partial charge in [-0.3, -0.25) is 9.59 Å². The zero-order chi connectivity index (χ0) is 17.8. The van der Waals surface area contributed by atoms with E-state index in [1.807, 2.05) is 24.3 Å². The quantitative estimate of drug-likeness (QED) is 0.866. The number of carbonyl (C=O) groups is 2. The van der Waals surface area contributed by atoms with E-state index in [1.54, 1.807) is 11.8 Å². The second kappa shape index (κ2) is 7.93. The maximum Gasteiger partial charge on any atom is 0.267 e. The number of nitrogens with zero attached hydrogens (tertiary/aromatic N) is 3. The molecule has 3 rings (SSSR count). The molecule has 0 aliphatic carbocycles. The third kappa shape index (κ3) is 4.35. The van der Waals surface area contributed by atoms with Crippen molar-refractivity contribution in [3.63, 3.8) is 0 Å². The van der Waals surface area contributed by atoms with Crippen LogP contribution in [0.15, 0.2) is 24.3 Å². The minimum atomic E-state index is -0.157. The summed E-state index contributed by atoms with van der Waals surface area (Å²) in [5.74, 6) is -0.234. The van der Waals surface area contributed by atoms with Crippen LogP contribution in [0.1, 0.15) is 27.3 Å². The van der Waals surface area contributed by atoms with Gasteiger partial charge in [0.15, 0.2) is 0 Å². The van der Waals surface area contributed by atoms with Gasteiger partial charge in [-0.25, -0.2) is 0 Å². The highest BCUT2D eigenvalue weighted by molar-refractivity contribution is 7.07. The first-order valence-corrected chi connectivity index (χ1v) is 9.30. The summed E-state index contributed by atoms with van der Waals surface area (Å²) in [6.45, 7) is 3.38. The molecule has 0 saturated carbocycles. The molecule has 25 heavy (non-hydrogen) atoms. The summed E-state index contributed by atoms with van der Waals surface area (Å²) < 4.78 is 3.80. The van der Waals surface area contributed by atoms with Gasteiger partial charge in [-0.05, 0) is 49.0 Å². The van der Waals surface area contributed by atoms with E-state index in [1.165, 1.54) is 0 Å². The topological polar surface area (TPSA) is 75.2 Å². The first-order chi connectivity index (χ1) is 12.0. The SMILES string of the molecule is Cc1nnsc1C(=O)N1CCC(C(=O)NCCc2ccc(Cl)cc2)C1. The number of hydrogen-bond acceptors (Lipinski definition) is 5. The number of carbonyl (C=O) groups excluding carboxylic acids is 2. The van der Waals surface area contributed by atoms with E-state index in [9.17, 15) is 9.59 Å². The number of rotatable bonds is 5. The Labute approximate surface area is 155 Å². The average Bonchev–Trinajstić information content (AvgIpc) is 3.25. The van der Waals surface area contributed by atoms with Gasteiger partial charge in [0.05, 0.1) is 11.6 Å². The Bertz CT molecular complexity index is 762. The van der Waals surface area contributed by atoms with Gasteiger partial charge >= 0.3 is 0 Å². The number of aromatic nitrogens is 2. The van der Waals surface area contributed by atoms with Crippen LogP contribution in [0.4, 0.5) is 0 Å². The van der Waals surface area contributed by atoms with Gasteiger partial charge in [-0.1, -0.05) is 28.2 Å². The lowest BCUT2D eigenvalue weighted by molar-refractivity contribution is -0.124. The summed E-state index contributed by atoms with van der Waals surface area (Å²) in [7, 11) is 0. The lowest BCUT2D eigenvalue weighted by Crippen LogP contribution is -2.35. The molecule has 8 heteroatoms. The van der Waals surface area contributed by atoms with Crippen molar-refractivity contribution in [1.29, 1.82) is 0 Å². The normalized spacial score (nSPS) is 16.9. The van der Waals surface area contributed by atoms with Crippen molar-refractivity contribution in [2.75, 3.05) is 19.6 Å². The fourth-order valence-electron chi connectivity index (χ4n) is 2.86. The first-order valence-electron chi connectivity index (χ1n) is 8.15. The zero-order valence-corrected chi connectivity index (χ0v) is 15.4. The van der Waals surface area contributed by atoms with Crippen LogP contribution in [0.2, 0.25) is 5.02 Å². The molecule has 1 aliphatic rings. The Kier molecular flexibility index (Phi) is 5.65. The van der Waals surface area contributed by atoms with Crippen molar-refractivity contribution in [2.45, 2.75) is 19.8 Å². The second-order valence-corrected chi connectivity index (χ2v) is 7.28. The molecule has 1 atom stereocenters. The lowest BCUT2D eigenvalue weighted by Gasteiger charge is -2.15. The molecule has 1 fully saturated rings. The standard InChI is InChI=1S/C17H19ClN4O2S/c1-11-15(25-21-20-11)17(24)22-9-7-13(10-22)16(23)19-8-6-12-2-4-14(18)5-3-12/h2-5,13H,6-10H2,1H3,(H,19,23). The van der Waals surface area contributed by atoms with Crippen LogP contribution in [-0.4, -0.2) is 45.9 Å². The highest BCUT2D eigenvalue weighted by atomic mass is 35.5. The van der Waals surface area contributed by atoms with E-state index in [0.717, 1.165) is 23.5 Å². The molecule has 0 spiro atoms. The highest BCUT2D eigenvalue weighted by Crippen LogP contribution is 2.21. The number of likely N-dealkylation sites (tertiary alicyclic amines) is 1. The van der Waals surface area contributed by atoms with Gasteiger partial charge in [0.2, 0.25) is 5.91 Å². The second-order valence-electron chi connectivity index (χ2n) is 6.09. The maximum atomic E-state index is 12.4. The van der Waals surface area contributed by atoms with E-state index in [-0.39, 0.29) is 17.7 Å². The molecule has 2 heterocycles. The van der Waals surface area contributed by atoms with E-state index in [4.69, 9.17) is 11.6 Å². The van der Waals surface area contributed by atoms with Crippen LogP contribution < -0.4 is 5.32 Å². The smallest absolute Gasteiger partial charge is 0.267 e. The molecule has 6 nitrogen and oxygen atoms in total. The van der Waals surface area contributed by atoms with Crippen LogP contribution >= 0.6 is 23.1 Å². The summed E-state index contributed by atoms with van der Waals surface area (Å²) in [5.41, 5.74) is 1.77. The number of hydrogen-bond donors (Lipinski definition) is 1. The summed E-state index contributed by atoms with van der Waals surface area (Å²) in [5, 5.41) is 7.54. The predicted octanol–water partition coefficient (Wildman–Crippen LogP) is 2.32. The van der Waals surface area contributed by atoms with Crippen molar-refractivity contribution in [3.05, 3.63) is 45.4 Å². The van der Waals surface area contributed by atoms with Gasteiger partial charge in [-0.15, -0.1) is 5.10 Å². The molecule has 2 amide bonds. The van der Waals surface area contributed by atoms with Gasteiger partial charge in [0.25, 0.3) is 5.91 Å². The number of amides is 2. The Balaban J connectivity index is 1.46. The highest BCUT2D eigenvalue weighted by Gasteiger charge is 2.32. The van der Waals surface area contributed by atoms with Gasteiger partial charge in [0, 0.05) is 24.7 Å². The Hall–Kier alpha value is -1.99. The Morgan fingerprint density at radius 1 is 1.36 bits per heavy atom. The van der Waals surface area contributed by atoms with Crippen molar-refractivity contribution in [2.24, 2.45) is 5.92 Å². The van der Waals surface area contributed by atoms with Gasteiger partial charge < -0.3 is 10.2 Å². The minimum Gasteiger partial charge on any atom is -0.355 e. The molecule has 0 radical (unpaired) electrons. The summed E-state index contributed by atoms with van der Waals surface area (Å²) in [6, 6.07) is 7.59. The van der Waals surface area contributed by atoms with Gasteiger partial charge in [0.1, 0.15) is 4.88 Å². The molecular formula is C17H19ClN4O2S. The molecule has 1 unspecified atom stereocenters.